The number of rotatable bonds is 3. The summed E-state index contributed by atoms with van der Waals surface area (Å²) in [6, 6.07) is 7.01. The van der Waals surface area contributed by atoms with E-state index in [1.807, 2.05) is 24.3 Å². The van der Waals surface area contributed by atoms with Gasteiger partial charge in [0.25, 0.3) is 0 Å². The Kier molecular flexibility index (Phi) is 5.44. The molecule has 0 spiro atoms. The number of likely N-dealkylation sites (N-methyl/N-ethyl adjacent to an activating group) is 1. The maximum atomic E-state index is 11.7. The summed E-state index contributed by atoms with van der Waals surface area (Å²) in [5, 5.41) is 0. The third-order valence-corrected chi connectivity index (χ3v) is 2.81. The van der Waals surface area contributed by atoms with Crippen molar-refractivity contribution in [2.24, 2.45) is 5.73 Å². The predicted molar refractivity (Wildman–Crippen MR) is 74.9 cm³/mol. The second kappa shape index (κ2) is 6.63. The lowest BCUT2D eigenvalue weighted by Crippen LogP contribution is -2.46. The molecule has 0 bridgehead atoms. The first-order chi connectivity index (χ1) is 8.58. The zero-order valence-electron chi connectivity index (χ0n) is 11.0. The Morgan fingerprint density at radius 2 is 2.11 bits per heavy atom. The van der Waals surface area contributed by atoms with Gasteiger partial charge < -0.3 is 20.1 Å². The fourth-order valence-corrected chi connectivity index (χ4v) is 1.90. The summed E-state index contributed by atoms with van der Waals surface area (Å²) < 4.78 is 11.4. The normalized spacial score (nSPS) is 18.2. The highest BCUT2D eigenvalue weighted by molar-refractivity contribution is 5.85. The predicted octanol–water partition coefficient (Wildman–Crippen LogP) is 1.05. The van der Waals surface area contributed by atoms with Crippen LogP contribution in [0.1, 0.15) is 6.92 Å². The van der Waals surface area contributed by atoms with E-state index in [4.69, 9.17) is 15.2 Å². The Labute approximate surface area is 119 Å². The van der Waals surface area contributed by atoms with Crippen molar-refractivity contribution in [1.82, 2.24) is 4.90 Å². The van der Waals surface area contributed by atoms with Gasteiger partial charge in [0.15, 0.2) is 17.6 Å². The Morgan fingerprint density at radius 1 is 1.47 bits per heavy atom. The second-order valence-electron chi connectivity index (χ2n) is 4.51. The lowest BCUT2D eigenvalue weighted by atomic mass is 10.2. The van der Waals surface area contributed by atoms with Crippen LogP contribution >= 0.6 is 12.4 Å². The molecule has 1 amide bonds. The van der Waals surface area contributed by atoms with Gasteiger partial charge in [0.2, 0.25) is 5.91 Å². The standard InChI is InChI=1S/C13H18N2O3.ClH/c1-9(14)13(16)15(2)7-10-8-17-11-5-3-4-6-12(11)18-10;/h3-6,9-10H,7-8,14H2,1-2H3;1H/t9-,10?;/m0./s1. The number of benzene rings is 1. The van der Waals surface area contributed by atoms with E-state index in [-0.39, 0.29) is 24.4 Å². The van der Waals surface area contributed by atoms with Gasteiger partial charge in [0.05, 0.1) is 12.6 Å². The molecule has 0 fully saturated rings. The number of halogens is 1. The van der Waals surface area contributed by atoms with Crippen LogP contribution < -0.4 is 15.2 Å². The van der Waals surface area contributed by atoms with E-state index in [2.05, 4.69) is 0 Å². The fourth-order valence-electron chi connectivity index (χ4n) is 1.90. The first kappa shape index (κ1) is 15.6. The Hall–Kier alpha value is -1.46. The largest absolute Gasteiger partial charge is 0.486 e. The average molecular weight is 287 g/mol. The monoisotopic (exact) mass is 286 g/mol. The first-order valence-corrected chi connectivity index (χ1v) is 5.97. The van der Waals surface area contributed by atoms with Gasteiger partial charge in [-0.05, 0) is 19.1 Å². The number of ether oxygens (including phenoxy) is 2. The van der Waals surface area contributed by atoms with Crippen LogP contribution in [0.5, 0.6) is 11.5 Å². The van der Waals surface area contributed by atoms with E-state index in [0.29, 0.717) is 13.2 Å². The molecule has 2 atom stereocenters. The Balaban J connectivity index is 0.00000180. The van der Waals surface area contributed by atoms with Gasteiger partial charge in [0, 0.05) is 7.05 Å². The number of nitrogens with two attached hydrogens (primary N) is 1. The molecule has 2 rings (SSSR count). The van der Waals surface area contributed by atoms with Crippen molar-refractivity contribution in [2.75, 3.05) is 20.2 Å². The van der Waals surface area contributed by atoms with Gasteiger partial charge in [-0.2, -0.15) is 0 Å². The number of carbonyl (C=O) groups excluding carboxylic acids is 1. The zero-order valence-corrected chi connectivity index (χ0v) is 11.9. The van der Waals surface area contributed by atoms with E-state index < -0.39 is 6.04 Å². The molecular weight excluding hydrogens is 268 g/mol. The van der Waals surface area contributed by atoms with Crippen molar-refractivity contribution in [2.45, 2.75) is 19.1 Å². The second-order valence-corrected chi connectivity index (χ2v) is 4.51. The van der Waals surface area contributed by atoms with Gasteiger partial charge in [-0.3, -0.25) is 4.79 Å². The lowest BCUT2D eigenvalue weighted by Gasteiger charge is -2.30. The minimum Gasteiger partial charge on any atom is -0.486 e. The summed E-state index contributed by atoms with van der Waals surface area (Å²) >= 11 is 0. The molecule has 1 heterocycles. The van der Waals surface area contributed by atoms with E-state index in [1.165, 1.54) is 0 Å². The van der Waals surface area contributed by atoms with Crippen LogP contribution in [0.25, 0.3) is 0 Å². The molecule has 0 saturated heterocycles. The highest BCUT2D eigenvalue weighted by Gasteiger charge is 2.24. The quantitative estimate of drug-likeness (QED) is 0.902. The van der Waals surface area contributed by atoms with Gasteiger partial charge in [-0.25, -0.2) is 0 Å². The average Bonchev–Trinajstić information content (AvgIpc) is 2.37. The Morgan fingerprint density at radius 3 is 2.74 bits per heavy atom. The summed E-state index contributed by atoms with van der Waals surface area (Å²) in [7, 11) is 1.72. The molecule has 0 radical (unpaired) electrons. The minimum absolute atomic E-state index is 0. The molecule has 1 aromatic carbocycles. The summed E-state index contributed by atoms with van der Waals surface area (Å²) in [6.45, 7) is 2.58. The van der Waals surface area contributed by atoms with Crippen molar-refractivity contribution >= 4 is 18.3 Å². The molecule has 5 nitrogen and oxygen atoms in total. The van der Waals surface area contributed by atoms with Gasteiger partial charge in [-0.15, -0.1) is 12.4 Å². The third kappa shape index (κ3) is 3.75. The molecule has 1 unspecified atom stereocenters. The zero-order chi connectivity index (χ0) is 13.1. The summed E-state index contributed by atoms with van der Waals surface area (Å²) in [5.41, 5.74) is 5.56. The number of fused-ring (bicyclic) bond motifs is 1. The van der Waals surface area contributed by atoms with E-state index >= 15 is 0 Å². The number of carbonyl (C=O) groups is 1. The van der Waals surface area contributed by atoms with Crippen molar-refractivity contribution in [3.8, 4) is 11.5 Å². The summed E-state index contributed by atoms with van der Waals surface area (Å²) in [4.78, 5) is 13.2. The van der Waals surface area contributed by atoms with Crippen LogP contribution in [-0.4, -0.2) is 43.2 Å². The first-order valence-electron chi connectivity index (χ1n) is 5.97. The summed E-state index contributed by atoms with van der Waals surface area (Å²) in [6.07, 6.45) is -0.160. The van der Waals surface area contributed by atoms with E-state index in [9.17, 15) is 4.79 Å². The molecule has 1 aliphatic heterocycles. The molecule has 6 heteroatoms. The number of hydrogen-bond donors (Lipinski definition) is 1. The van der Waals surface area contributed by atoms with E-state index in [1.54, 1.807) is 18.9 Å². The maximum absolute atomic E-state index is 11.7. The van der Waals surface area contributed by atoms with Crippen LogP contribution in [0, 0.1) is 0 Å². The molecule has 1 aliphatic rings. The highest BCUT2D eigenvalue weighted by atomic mass is 35.5. The van der Waals surface area contributed by atoms with Crippen molar-refractivity contribution in [3.63, 3.8) is 0 Å². The highest BCUT2D eigenvalue weighted by Crippen LogP contribution is 2.30. The van der Waals surface area contributed by atoms with E-state index in [0.717, 1.165) is 11.5 Å². The van der Waals surface area contributed by atoms with Crippen LogP contribution in [0.15, 0.2) is 24.3 Å². The number of hydrogen-bond acceptors (Lipinski definition) is 4. The lowest BCUT2D eigenvalue weighted by molar-refractivity contribution is -0.132. The maximum Gasteiger partial charge on any atom is 0.239 e. The third-order valence-electron chi connectivity index (χ3n) is 2.81. The molecule has 1 aromatic rings. The van der Waals surface area contributed by atoms with Crippen LogP contribution in [0.4, 0.5) is 0 Å². The SMILES string of the molecule is C[C@H](N)C(=O)N(C)CC1COc2ccccc2O1.Cl. The molecule has 0 aromatic heterocycles. The Bertz CT molecular complexity index is 440. The number of amides is 1. The number of nitrogens with zero attached hydrogens (tertiary/aromatic N) is 1. The van der Waals surface area contributed by atoms with Crippen molar-refractivity contribution < 1.29 is 14.3 Å². The topological polar surface area (TPSA) is 64.8 Å². The fraction of sp³-hybridized carbons (Fsp3) is 0.462. The molecule has 0 aliphatic carbocycles. The van der Waals surface area contributed by atoms with Gasteiger partial charge in [0.1, 0.15) is 6.61 Å². The molecule has 106 valence electrons. The van der Waals surface area contributed by atoms with Crippen LogP contribution in [-0.2, 0) is 4.79 Å². The molecular formula is C13H19ClN2O3. The van der Waals surface area contributed by atoms with Crippen LogP contribution in [0.3, 0.4) is 0 Å². The van der Waals surface area contributed by atoms with Gasteiger partial charge in [-0.1, -0.05) is 12.1 Å². The minimum atomic E-state index is -0.494. The van der Waals surface area contributed by atoms with Crippen LogP contribution in [0.2, 0.25) is 0 Å². The molecule has 2 N–H and O–H groups in total. The summed E-state index contributed by atoms with van der Waals surface area (Å²) in [5.74, 6) is 1.36. The van der Waals surface area contributed by atoms with Gasteiger partial charge >= 0.3 is 0 Å². The molecule has 19 heavy (non-hydrogen) atoms. The molecule has 0 saturated carbocycles. The smallest absolute Gasteiger partial charge is 0.239 e. The van der Waals surface area contributed by atoms with Crippen molar-refractivity contribution in [3.05, 3.63) is 24.3 Å². The number of para-hydroxylation sites is 2. The van der Waals surface area contributed by atoms with Crippen molar-refractivity contribution in [1.29, 1.82) is 0 Å².